The maximum Gasteiger partial charge on any atom is 0.354 e. The SMILES string of the molecule is COc1ccc(C)cc1NC(=O)C1CCCN1C(=O)c1ccnc(C(=O)O)c1. The number of hydrogen-bond acceptors (Lipinski definition) is 5. The summed E-state index contributed by atoms with van der Waals surface area (Å²) in [5.41, 5.74) is 1.49. The monoisotopic (exact) mass is 383 g/mol. The van der Waals surface area contributed by atoms with Crippen LogP contribution in [0.25, 0.3) is 0 Å². The number of aryl methyl sites for hydroxylation is 1. The van der Waals surface area contributed by atoms with Crippen molar-refractivity contribution in [3.05, 3.63) is 53.3 Å². The first-order valence-corrected chi connectivity index (χ1v) is 8.86. The van der Waals surface area contributed by atoms with Gasteiger partial charge in [-0.3, -0.25) is 9.59 Å². The summed E-state index contributed by atoms with van der Waals surface area (Å²) in [6.45, 7) is 2.33. The van der Waals surface area contributed by atoms with E-state index in [0.29, 0.717) is 30.8 Å². The van der Waals surface area contributed by atoms with Crippen molar-refractivity contribution < 1.29 is 24.2 Å². The molecule has 2 N–H and O–H groups in total. The molecule has 1 fully saturated rings. The van der Waals surface area contributed by atoms with Gasteiger partial charge in [-0.05, 0) is 49.6 Å². The van der Waals surface area contributed by atoms with Crippen molar-refractivity contribution in [2.75, 3.05) is 19.0 Å². The summed E-state index contributed by atoms with van der Waals surface area (Å²) < 4.78 is 5.29. The number of aromatic nitrogens is 1. The van der Waals surface area contributed by atoms with E-state index >= 15 is 0 Å². The first-order chi connectivity index (χ1) is 13.4. The van der Waals surface area contributed by atoms with E-state index in [-0.39, 0.29) is 17.2 Å². The molecule has 0 bridgehead atoms. The van der Waals surface area contributed by atoms with Gasteiger partial charge in [0.05, 0.1) is 12.8 Å². The number of likely N-dealkylation sites (tertiary alicyclic amines) is 1. The molecule has 0 radical (unpaired) electrons. The van der Waals surface area contributed by atoms with Crippen LogP contribution in [0.5, 0.6) is 5.75 Å². The molecule has 1 aromatic heterocycles. The van der Waals surface area contributed by atoms with Crippen LogP contribution in [0.2, 0.25) is 0 Å². The fraction of sp³-hybridized carbons (Fsp3) is 0.300. The molecule has 8 heteroatoms. The molecule has 0 saturated carbocycles. The van der Waals surface area contributed by atoms with Crippen molar-refractivity contribution in [1.82, 2.24) is 9.88 Å². The number of carbonyl (C=O) groups is 3. The van der Waals surface area contributed by atoms with Gasteiger partial charge in [-0.1, -0.05) is 6.07 Å². The van der Waals surface area contributed by atoms with E-state index in [9.17, 15) is 14.4 Å². The van der Waals surface area contributed by atoms with Crippen LogP contribution in [0, 0.1) is 6.92 Å². The van der Waals surface area contributed by atoms with Crippen molar-refractivity contribution in [2.24, 2.45) is 0 Å². The van der Waals surface area contributed by atoms with Gasteiger partial charge in [-0.25, -0.2) is 9.78 Å². The zero-order chi connectivity index (χ0) is 20.3. The highest BCUT2D eigenvalue weighted by atomic mass is 16.5. The fourth-order valence-electron chi connectivity index (χ4n) is 3.26. The number of anilines is 1. The van der Waals surface area contributed by atoms with Gasteiger partial charge < -0.3 is 20.1 Å². The highest BCUT2D eigenvalue weighted by Gasteiger charge is 2.35. The van der Waals surface area contributed by atoms with Gasteiger partial charge in [0.2, 0.25) is 5.91 Å². The van der Waals surface area contributed by atoms with Gasteiger partial charge in [0, 0.05) is 18.3 Å². The summed E-state index contributed by atoms with van der Waals surface area (Å²) in [7, 11) is 1.52. The van der Waals surface area contributed by atoms with Gasteiger partial charge >= 0.3 is 5.97 Å². The molecule has 2 heterocycles. The molecule has 3 rings (SSSR count). The van der Waals surface area contributed by atoms with Crippen molar-refractivity contribution in [3.63, 3.8) is 0 Å². The molecule has 1 unspecified atom stereocenters. The Bertz CT molecular complexity index is 928. The van der Waals surface area contributed by atoms with Crippen molar-refractivity contribution in [3.8, 4) is 5.75 Å². The molecule has 1 saturated heterocycles. The Balaban J connectivity index is 1.80. The molecule has 1 atom stereocenters. The first kappa shape index (κ1) is 19.3. The fourth-order valence-corrected chi connectivity index (χ4v) is 3.26. The Labute approximate surface area is 162 Å². The second-order valence-electron chi connectivity index (χ2n) is 6.58. The lowest BCUT2D eigenvalue weighted by atomic mass is 10.1. The molecular formula is C20H21N3O5. The Morgan fingerprint density at radius 1 is 1.25 bits per heavy atom. The van der Waals surface area contributed by atoms with Gasteiger partial charge in [0.25, 0.3) is 5.91 Å². The third-order valence-corrected chi connectivity index (χ3v) is 4.66. The number of aromatic carboxylic acids is 1. The van der Waals surface area contributed by atoms with E-state index in [1.807, 2.05) is 13.0 Å². The summed E-state index contributed by atoms with van der Waals surface area (Å²) >= 11 is 0. The number of benzene rings is 1. The van der Waals surface area contributed by atoms with Crippen LogP contribution in [0.1, 0.15) is 39.3 Å². The highest BCUT2D eigenvalue weighted by Crippen LogP contribution is 2.27. The minimum absolute atomic E-state index is 0.195. The number of carboxylic acids is 1. The van der Waals surface area contributed by atoms with Crippen molar-refractivity contribution in [1.29, 1.82) is 0 Å². The average molecular weight is 383 g/mol. The van der Waals surface area contributed by atoms with Crippen LogP contribution in [-0.2, 0) is 4.79 Å². The van der Waals surface area contributed by atoms with Crippen LogP contribution in [0.3, 0.4) is 0 Å². The molecule has 2 amide bonds. The summed E-state index contributed by atoms with van der Waals surface area (Å²) in [5, 5.41) is 11.9. The molecule has 2 aromatic rings. The normalized spacial score (nSPS) is 15.9. The summed E-state index contributed by atoms with van der Waals surface area (Å²) in [5.74, 6) is -1.37. The number of nitrogens with one attached hydrogen (secondary N) is 1. The lowest BCUT2D eigenvalue weighted by Crippen LogP contribution is -2.43. The maximum atomic E-state index is 12.9. The zero-order valence-corrected chi connectivity index (χ0v) is 15.6. The predicted molar refractivity (Wildman–Crippen MR) is 102 cm³/mol. The van der Waals surface area contributed by atoms with Crippen LogP contribution in [0.15, 0.2) is 36.5 Å². The highest BCUT2D eigenvalue weighted by molar-refractivity contribution is 6.02. The predicted octanol–water partition coefficient (Wildman–Crippen LogP) is 2.34. The Morgan fingerprint density at radius 2 is 2.04 bits per heavy atom. The number of hydrogen-bond donors (Lipinski definition) is 2. The van der Waals surface area contributed by atoms with E-state index in [1.54, 1.807) is 12.1 Å². The van der Waals surface area contributed by atoms with E-state index in [1.165, 1.54) is 30.3 Å². The second kappa shape index (κ2) is 8.08. The molecule has 1 aromatic carbocycles. The third kappa shape index (κ3) is 3.95. The average Bonchev–Trinajstić information content (AvgIpc) is 3.17. The molecule has 8 nitrogen and oxygen atoms in total. The summed E-state index contributed by atoms with van der Waals surface area (Å²) in [4.78, 5) is 42.0. The Morgan fingerprint density at radius 3 is 2.75 bits per heavy atom. The number of nitrogens with zero attached hydrogens (tertiary/aromatic N) is 2. The van der Waals surface area contributed by atoms with Gasteiger partial charge in [0.1, 0.15) is 17.5 Å². The number of ether oxygens (including phenoxy) is 1. The second-order valence-corrected chi connectivity index (χ2v) is 6.58. The van der Waals surface area contributed by atoms with E-state index < -0.39 is 17.9 Å². The minimum atomic E-state index is -1.21. The summed E-state index contributed by atoms with van der Waals surface area (Å²) in [6.07, 6.45) is 2.49. The Kier molecular flexibility index (Phi) is 5.58. The van der Waals surface area contributed by atoms with Crippen LogP contribution in [-0.4, -0.2) is 52.5 Å². The van der Waals surface area contributed by atoms with E-state index in [2.05, 4.69) is 10.3 Å². The maximum absolute atomic E-state index is 12.9. The number of carboxylic acid groups (broad SMARTS) is 1. The van der Waals surface area contributed by atoms with Gasteiger partial charge in [-0.2, -0.15) is 0 Å². The minimum Gasteiger partial charge on any atom is -0.495 e. The van der Waals surface area contributed by atoms with Crippen molar-refractivity contribution >= 4 is 23.5 Å². The number of amides is 2. The van der Waals surface area contributed by atoms with E-state index in [4.69, 9.17) is 9.84 Å². The molecule has 146 valence electrons. The van der Waals surface area contributed by atoms with Gasteiger partial charge in [-0.15, -0.1) is 0 Å². The quantitative estimate of drug-likeness (QED) is 0.820. The van der Waals surface area contributed by atoms with Crippen molar-refractivity contribution in [2.45, 2.75) is 25.8 Å². The largest absolute Gasteiger partial charge is 0.495 e. The number of rotatable bonds is 5. The van der Waals surface area contributed by atoms with Crippen LogP contribution >= 0.6 is 0 Å². The molecule has 0 spiro atoms. The van der Waals surface area contributed by atoms with Crippen LogP contribution < -0.4 is 10.1 Å². The Hall–Kier alpha value is -3.42. The number of carbonyl (C=O) groups excluding carboxylic acids is 2. The zero-order valence-electron chi connectivity index (χ0n) is 15.6. The van der Waals surface area contributed by atoms with Crippen LogP contribution in [0.4, 0.5) is 5.69 Å². The lowest BCUT2D eigenvalue weighted by Gasteiger charge is -2.24. The van der Waals surface area contributed by atoms with E-state index in [0.717, 1.165) is 5.56 Å². The topological polar surface area (TPSA) is 109 Å². The van der Waals surface area contributed by atoms with Gasteiger partial charge in [0.15, 0.2) is 0 Å². The molecule has 1 aliphatic rings. The molecule has 28 heavy (non-hydrogen) atoms. The smallest absolute Gasteiger partial charge is 0.354 e. The molecular weight excluding hydrogens is 362 g/mol. The standard InChI is InChI=1S/C20H21N3O5/c1-12-5-6-17(28-2)14(10-12)22-18(24)16-4-3-9-23(16)19(25)13-7-8-21-15(11-13)20(26)27/h5-8,10-11,16H,3-4,9H2,1-2H3,(H,22,24)(H,26,27). The lowest BCUT2D eigenvalue weighted by molar-refractivity contribution is -0.119. The number of pyridine rings is 1. The third-order valence-electron chi connectivity index (χ3n) is 4.66. The summed E-state index contributed by atoms with van der Waals surface area (Å²) in [6, 6.07) is 7.49. The number of methoxy groups -OCH3 is 1. The molecule has 1 aliphatic heterocycles. The molecule has 0 aliphatic carbocycles. The first-order valence-electron chi connectivity index (χ1n) is 8.86.